The van der Waals surface area contributed by atoms with Crippen molar-refractivity contribution in [2.24, 2.45) is 0 Å². The maximum absolute atomic E-state index is 13.1. The number of hydrogen-bond donors (Lipinski definition) is 1. The van der Waals surface area contributed by atoms with Crippen LogP contribution in [0.25, 0.3) is 6.08 Å². The van der Waals surface area contributed by atoms with Crippen LogP contribution in [0.4, 0.5) is 10.5 Å². The number of nitrogens with zero attached hydrogens (tertiary/aromatic N) is 1. The summed E-state index contributed by atoms with van der Waals surface area (Å²) in [5, 5.41) is 2.20. The normalized spacial score (nSPS) is 14.6. The topological polar surface area (TPSA) is 94.2 Å². The van der Waals surface area contributed by atoms with Crippen molar-refractivity contribution in [1.29, 1.82) is 0 Å². The van der Waals surface area contributed by atoms with E-state index in [1.165, 1.54) is 13.2 Å². The Morgan fingerprint density at radius 3 is 2.45 bits per heavy atom. The van der Waals surface area contributed by atoms with Gasteiger partial charge in [0.15, 0.2) is 0 Å². The molecule has 0 aliphatic carbocycles. The van der Waals surface area contributed by atoms with E-state index in [-0.39, 0.29) is 12.2 Å². The van der Waals surface area contributed by atoms with Crippen molar-refractivity contribution in [3.63, 3.8) is 0 Å². The summed E-state index contributed by atoms with van der Waals surface area (Å²) in [4.78, 5) is 39.0. The first kappa shape index (κ1) is 23.4. The fourth-order valence-corrected chi connectivity index (χ4v) is 3.08. The molecule has 8 nitrogen and oxygen atoms in total. The van der Waals surface area contributed by atoms with Crippen LogP contribution in [0.1, 0.15) is 25.3 Å². The first-order valence-electron chi connectivity index (χ1n) is 10.4. The van der Waals surface area contributed by atoms with Gasteiger partial charge in [0, 0.05) is 11.6 Å². The van der Waals surface area contributed by atoms with Crippen LogP contribution < -0.4 is 24.4 Å². The van der Waals surface area contributed by atoms with Gasteiger partial charge in [-0.1, -0.05) is 19.3 Å². The molecule has 0 unspecified atom stereocenters. The van der Waals surface area contributed by atoms with Crippen LogP contribution in [-0.2, 0) is 9.59 Å². The van der Waals surface area contributed by atoms with E-state index in [2.05, 4.69) is 18.2 Å². The van der Waals surface area contributed by atoms with Crippen LogP contribution in [0.3, 0.4) is 0 Å². The van der Waals surface area contributed by atoms with Gasteiger partial charge in [0.2, 0.25) is 0 Å². The number of benzene rings is 2. The third kappa shape index (κ3) is 5.52. The number of hydrogen-bond acceptors (Lipinski definition) is 6. The third-order valence-corrected chi connectivity index (χ3v) is 4.79. The van der Waals surface area contributed by atoms with E-state index in [9.17, 15) is 14.4 Å². The van der Waals surface area contributed by atoms with Crippen LogP contribution in [0.2, 0.25) is 0 Å². The molecular weight excluding hydrogens is 424 g/mol. The fourth-order valence-electron chi connectivity index (χ4n) is 3.08. The lowest BCUT2D eigenvalue weighted by molar-refractivity contribution is -0.122. The highest BCUT2D eigenvalue weighted by molar-refractivity contribution is 6.39. The predicted octanol–water partition coefficient (Wildman–Crippen LogP) is 3.55. The number of rotatable bonds is 9. The zero-order valence-corrected chi connectivity index (χ0v) is 18.4. The highest BCUT2D eigenvalue weighted by Gasteiger charge is 2.37. The van der Waals surface area contributed by atoms with Crippen molar-refractivity contribution in [3.05, 3.63) is 53.6 Å². The Kier molecular flexibility index (Phi) is 7.71. The maximum Gasteiger partial charge on any atom is 0.335 e. The Morgan fingerprint density at radius 2 is 1.79 bits per heavy atom. The van der Waals surface area contributed by atoms with Gasteiger partial charge in [0.05, 0.1) is 19.4 Å². The summed E-state index contributed by atoms with van der Waals surface area (Å²) in [6.07, 6.45) is 8.55. The monoisotopic (exact) mass is 448 g/mol. The average molecular weight is 448 g/mol. The second kappa shape index (κ2) is 10.9. The molecule has 4 amide bonds. The minimum atomic E-state index is -0.833. The average Bonchev–Trinajstić information content (AvgIpc) is 2.81. The first-order valence-corrected chi connectivity index (χ1v) is 10.4. The lowest BCUT2D eigenvalue weighted by Crippen LogP contribution is -2.54. The SMILES string of the molecule is C#CCOc1cc(OC)ccc1/C=C1/C(=O)NC(=O)N(c2ccc(OCCCC)cc2)C1=O. The van der Waals surface area contributed by atoms with Crippen molar-refractivity contribution in [3.8, 4) is 29.6 Å². The van der Waals surface area contributed by atoms with Crippen LogP contribution in [0, 0.1) is 12.3 Å². The van der Waals surface area contributed by atoms with Gasteiger partial charge in [-0.05, 0) is 48.9 Å². The van der Waals surface area contributed by atoms with Crippen LogP contribution in [0.15, 0.2) is 48.0 Å². The van der Waals surface area contributed by atoms with Gasteiger partial charge in [-0.15, -0.1) is 6.42 Å². The Hall–Kier alpha value is -4.25. The van der Waals surface area contributed by atoms with E-state index < -0.39 is 17.8 Å². The van der Waals surface area contributed by atoms with E-state index in [0.29, 0.717) is 35.1 Å². The van der Waals surface area contributed by atoms with Gasteiger partial charge in [-0.2, -0.15) is 0 Å². The van der Waals surface area contributed by atoms with Crippen molar-refractivity contribution in [2.45, 2.75) is 19.8 Å². The summed E-state index contributed by atoms with van der Waals surface area (Å²) < 4.78 is 16.3. The standard InChI is InChI=1S/C25H24N2O6/c1-4-6-14-32-19-11-8-18(9-12-19)27-24(29)21(23(28)26-25(27)30)15-17-7-10-20(31-3)16-22(17)33-13-5-2/h2,7-12,15-16H,4,6,13-14H2,1,3H3,(H,26,28,30)/b21-15-. The van der Waals surface area contributed by atoms with Gasteiger partial charge >= 0.3 is 6.03 Å². The summed E-state index contributed by atoms with van der Waals surface area (Å²) in [6, 6.07) is 10.5. The molecule has 1 saturated heterocycles. The Balaban J connectivity index is 1.91. The number of anilines is 1. The molecule has 1 heterocycles. The Labute approximate surface area is 192 Å². The number of urea groups is 1. The number of nitrogens with one attached hydrogen (secondary N) is 1. The van der Waals surface area contributed by atoms with Gasteiger partial charge in [0.25, 0.3) is 11.8 Å². The summed E-state index contributed by atoms with van der Waals surface area (Å²) >= 11 is 0. The van der Waals surface area contributed by atoms with E-state index >= 15 is 0 Å². The molecule has 2 aromatic rings. The molecular formula is C25H24N2O6. The highest BCUT2D eigenvalue weighted by Crippen LogP contribution is 2.29. The van der Waals surface area contributed by atoms with Crippen LogP contribution >= 0.6 is 0 Å². The summed E-state index contributed by atoms with van der Waals surface area (Å²) in [7, 11) is 1.50. The van der Waals surface area contributed by atoms with E-state index in [1.807, 2.05) is 0 Å². The van der Waals surface area contributed by atoms with Crippen molar-refractivity contribution >= 4 is 29.6 Å². The molecule has 0 saturated carbocycles. The zero-order valence-electron chi connectivity index (χ0n) is 18.4. The molecule has 0 spiro atoms. The number of barbiturate groups is 1. The highest BCUT2D eigenvalue weighted by atomic mass is 16.5. The van der Waals surface area contributed by atoms with Crippen LogP contribution in [-0.4, -0.2) is 38.2 Å². The molecule has 0 bridgehead atoms. The number of terminal acetylenes is 1. The minimum Gasteiger partial charge on any atom is -0.497 e. The summed E-state index contributed by atoms with van der Waals surface area (Å²) in [5.41, 5.74) is 0.504. The molecule has 0 radical (unpaired) electrons. The second-order valence-electron chi connectivity index (χ2n) is 7.05. The number of unbranched alkanes of at least 4 members (excludes halogenated alkanes) is 1. The Bertz CT molecular complexity index is 1110. The summed E-state index contributed by atoms with van der Waals surface area (Å²) in [5.74, 6) is 2.26. The fraction of sp³-hybridized carbons (Fsp3) is 0.240. The molecule has 8 heteroatoms. The molecule has 0 aromatic heterocycles. The molecule has 33 heavy (non-hydrogen) atoms. The number of ether oxygens (including phenoxy) is 3. The molecule has 1 N–H and O–H groups in total. The second-order valence-corrected chi connectivity index (χ2v) is 7.05. The van der Waals surface area contributed by atoms with Crippen molar-refractivity contribution in [1.82, 2.24) is 5.32 Å². The van der Waals surface area contributed by atoms with E-state index in [1.54, 1.807) is 42.5 Å². The van der Waals surface area contributed by atoms with Gasteiger partial charge in [0.1, 0.15) is 29.4 Å². The van der Waals surface area contributed by atoms with Crippen molar-refractivity contribution in [2.75, 3.05) is 25.2 Å². The summed E-state index contributed by atoms with van der Waals surface area (Å²) in [6.45, 7) is 2.63. The number of methoxy groups -OCH3 is 1. The predicted molar refractivity (Wildman–Crippen MR) is 123 cm³/mol. The maximum atomic E-state index is 13.1. The first-order chi connectivity index (χ1) is 16.0. The molecule has 0 atom stereocenters. The molecule has 170 valence electrons. The van der Waals surface area contributed by atoms with E-state index in [4.69, 9.17) is 20.6 Å². The largest absolute Gasteiger partial charge is 0.497 e. The van der Waals surface area contributed by atoms with Gasteiger partial charge in [-0.3, -0.25) is 14.9 Å². The lowest BCUT2D eigenvalue weighted by Gasteiger charge is -2.26. The number of amides is 4. The molecule has 1 fully saturated rings. The van der Waals surface area contributed by atoms with Gasteiger partial charge in [-0.25, -0.2) is 9.69 Å². The zero-order chi connectivity index (χ0) is 23.8. The smallest absolute Gasteiger partial charge is 0.335 e. The molecule has 1 aliphatic heterocycles. The Morgan fingerprint density at radius 1 is 1.06 bits per heavy atom. The number of imide groups is 2. The quantitative estimate of drug-likeness (QED) is 0.273. The van der Waals surface area contributed by atoms with E-state index in [0.717, 1.165) is 17.7 Å². The van der Waals surface area contributed by atoms with Gasteiger partial charge < -0.3 is 14.2 Å². The molecule has 1 aliphatic rings. The number of carbonyl (C=O) groups is 3. The third-order valence-electron chi connectivity index (χ3n) is 4.79. The molecule has 2 aromatic carbocycles. The number of carbonyl (C=O) groups excluding carboxylic acids is 3. The minimum absolute atomic E-state index is 0.0131. The van der Waals surface area contributed by atoms with Crippen molar-refractivity contribution < 1.29 is 28.6 Å². The van der Waals surface area contributed by atoms with Crippen LogP contribution in [0.5, 0.6) is 17.2 Å². The molecule has 3 rings (SSSR count). The lowest BCUT2D eigenvalue weighted by atomic mass is 10.1.